The Morgan fingerprint density at radius 1 is 1.29 bits per heavy atom. The fourth-order valence-electron chi connectivity index (χ4n) is 3.20. The molecule has 0 aromatic rings. The highest BCUT2D eigenvalue weighted by molar-refractivity contribution is 7.80. The molecule has 2 N–H and O–H groups in total. The average Bonchev–Trinajstić information content (AvgIpc) is 2.36. The van der Waals surface area contributed by atoms with E-state index in [1.807, 2.05) is 11.8 Å². The van der Waals surface area contributed by atoms with E-state index in [2.05, 4.69) is 0 Å². The predicted molar refractivity (Wildman–Crippen MR) is 72.6 cm³/mol. The van der Waals surface area contributed by atoms with Gasteiger partial charge in [0.2, 0.25) is 5.91 Å². The van der Waals surface area contributed by atoms with Crippen LogP contribution in [0.25, 0.3) is 0 Å². The molecule has 3 unspecified atom stereocenters. The zero-order chi connectivity index (χ0) is 12.4. The second-order valence-corrected chi connectivity index (χ2v) is 5.97. The monoisotopic (exact) mass is 254 g/mol. The highest BCUT2D eigenvalue weighted by Crippen LogP contribution is 2.36. The predicted octanol–water partition coefficient (Wildman–Crippen LogP) is 1.95. The topological polar surface area (TPSA) is 46.3 Å². The molecule has 0 aromatic heterocycles. The summed E-state index contributed by atoms with van der Waals surface area (Å²) in [6.45, 7) is 3.64. The Kier molecular flexibility index (Phi) is 4.02. The molecule has 3 atom stereocenters. The Morgan fingerprint density at radius 2 is 1.94 bits per heavy atom. The Labute approximate surface area is 109 Å². The minimum absolute atomic E-state index is 0.126. The molecular weight excluding hydrogens is 232 g/mol. The zero-order valence-electron chi connectivity index (χ0n) is 10.5. The molecule has 17 heavy (non-hydrogen) atoms. The second kappa shape index (κ2) is 5.34. The van der Waals surface area contributed by atoms with Gasteiger partial charge in [0.25, 0.3) is 0 Å². The number of hydrogen-bond acceptors (Lipinski definition) is 2. The molecule has 2 aliphatic rings. The highest BCUT2D eigenvalue weighted by Gasteiger charge is 2.34. The quantitative estimate of drug-likeness (QED) is 0.766. The lowest BCUT2D eigenvalue weighted by atomic mass is 9.75. The van der Waals surface area contributed by atoms with Crippen LogP contribution in [0.2, 0.25) is 0 Å². The van der Waals surface area contributed by atoms with Crippen molar-refractivity contribution in [3.8, 4) is 0 Å². The van der Waals surface area contributed by atoms with Gasteiger partial charge in [-0.3, -0.25) is 4.79 Å². The van der Waals surface area contributed by atoms with Crippen LogP contribution in [0.3, 0.4) is 0 Å². The molecule has 1 heterocycles. The van der Waals surface area contributed by atoms with Gasteiger partial charge in [0.05, 0.1) is 10.9 Å². The molecular formula is C13H22N2OS. The molecule has 3 nitrogen and oxygen atoms in total. The number of nitrogens with two attached hydrogens (primary N) is 1. The maximum Gasteiger partial charge on any atom is 0.232 e. The summed E-state index contributed by atoms with van der Waals surface area (Å²) in [5.41, 5.74) is 5.56. The van der Waals surface area contributed by atoms with Gasteiger partial charge in [0, 0.05) is 13.1 Å². The van der Waals surface area contributed by atoms with Crippen LogP contribution in [0.15, 0.2) is 0 Å². The van der Waals surface area contributed by atoms with E-state index in [0.29, 0.717) is 4.99 Å². The van der Waals surface area contributed by atoms with Gasteiger partial charge < -0.3 is 10.6 Å². The molecule has 1 aliphatic carbocycles. The van der Waals surface area contributed by atoms with Crippen LogP contribution >= 0.6 is 12.2 Å². The third-order valence-electron chi connectivity index (χ3n) is 4.40. The van der Waals surface area contributed by atoms with E-state index in [4.69, 9.17) is 18.0 Å². The van der Waals surface area contributed by atoms with Crippen LogP contribution < -0.4 is 5.73 Å². The number of carbonyl (C=O) groups is 1. The third-order valence-corrected chi connectivity index (χ3v) is 4.75. The summed E-state index contributed by atoms with van der Waals surface area (Å²) in [7, 11) is 0. The first-order chi connectivity index (χ1) is 8.09. The molecule has 4 heteroatoms. The lowest BCUT2D eigenvalue weighted by molar-refractivity contribution is -0.136. The van der Waals surface area contributed by atoms with Gasteiger partial charge in [0.15, 0.2) is 0 Å². The van der Waals surface area contributed by atoms with E-state index in [1.165, 1.54) is 32.1 Å². The lowest BCUT2D eigenvalue weighted by Crippen LogP contribution is -2.48. The van der Waals surface area contributed by atoms with Crippen LogP contribution in [0.4, 0.5) is 0 Å². The third kappa shape index (κ3) is 2.79. The van der Waals surface area contributed by atoms with E-state index < -0.39 is 0 Å². The fourth-order valence-corrected chi connectivity index (χ4v) is 3.30. The summed E-state index contributed by atoms with van der Waals surface area (Å²) >= 11 is 4.91. The van der Waals surface area contributed by atoms with E-state index in [-0.39, 0.29) is 11.8 Å². The first-order valence-corrected chi connectivity index (χ1v) is 7.08. The number of hydrogen-bond donors (Lipinski definition) is 1. The molecule has 1 saturated heterocycles. The molecule has 2 rings (SSSR count). The van der Waals surface area contributed by atoms with Crippen molar-refractivity contribution in [1.29, 1.82) is 0 Å². The van der Waals surface area contributed by atoms with Crippen molar-refractivity contribution in [3.05, 3.63) is 0 Å². The van der Waals surface area contributed by atoms with Crippen molar-refractivity contribution < 1.29 is 4.79 Å². The smallest absolute Gasteiger partial charge is 0.232 e. The van der Waals surface area contributed by atoms with E-state index in [0.717, 1.165) is 24.9 Å². The average molecular weight is 254 g/mol. The number of thiocarbonyl (C=S) groups is 1. The molecule has 1 saturated carbocycles. The summed E-state index contributed by atoms with van der Waals surface area (Å²) in [6.07, 6.45) is 6.51. The van der Waals surface area contributed by atoms with Gasteiger partial charge in [0.1, 0.15) is 0 Å². The first kappa shape index (κ1) is 12.8. The number of amides is 1. The SMILES string of the molecule is CC(C(=O)N1CCC2CCCCC2C1)C(N)=S. The standard InChI is InChI=1S/C13H22N2OS/c1-9(12(14)17)13(16)15-7-6-10-4-2-3-5-11(10)8-15/h9-11H,2-8H2,1H3,(H2,14,17). The molecule has 1 aliphatic heterocycles. The molecule has 0 spiro atoms. The minimum atomic E-state index is -0.301. The van der Waals surface area contributed by atoms with Crippen LogP contribution in [0.1, 0.15) is 39.0 Å². The molecule has 1 amide bonds. The normalized spacial score (nSPS) is 30.5. The Morgan fingerprint density at radius 3 is 2.59 bits per heavy atom. The minimum Gasteiger partial charge on any atom is -0.393 e. The van der Waals surface area contributed by atoms with Crippen molar-refractivity contribution in [1.82, 2.24) is 4.90 Å². The fraction of sp³-hybridized carbons (Fsp3) is 0.846. The van der Waals surface area contributed by atoms with Crippen molar-refractivity contribution in [2.75, 3.05) is 13.1 Å². The summed E-state index contributed by atoms with van der Waals surface area (Å²) in [5.74, 6) is 1.40. The molecule has 2 fully saturated rings. The lowest BCUT2D eigenvalue weighted by Gasteiger charge is -2.42. The summed E-state index contributed by atoms with van der Waals surface area (Å²) < 4.78 is 0. The number of likely N-dealkylation sites (tertiary alicyclic amines) is 1. The van der Waals surface area contributed by atoms with Crippen molar-refractivity contribution in [2.45, 2.75) is 39.0 Å². The van der Waals surface area contributed by atoms with Gasteiger partial charge in [-0.25, -0.2) is 0 Å². The highest BCUT2D eigenvalue weighted by atomic mass is 32.1. The number of carbonyl (C=O) groups excluding carboxylic acids is 1. The van der Waals surface area contributed by atoms with Gasteiger partial charge in [-0.05, 0) is 31.6 Å². The van der Waals surface area contributed by atoms with Crippen LogP contribution in [-0.4, -0.2) is 28.9 Å². The maximum atomic E-state index is 12.2. The molecule has 96 valence electrons. The van der Waals surface area contributed by atoms with Crippen molar-refractivity contribution >= 4 is 23.1 Å². The Bertz CT molecular complexity index is 319. The summed E-state index contributed by atoms with van der Waals surface area (Å²) in [4.78, 5) is 14.5. The molecule has 0 bridgehead atoms. The maximum absolute atomic E-state index is 12.2. The van der Waals surface area contributed by atoms with E-state index >= 15 is 0 Å². The summed E-state index contributed by atoms with van der Waals surface area (Å²) in [6, 6.07) is 0. The number of rotatable bonds is 2. The Balaban J connectivity index is 1.95. The van der Waals surface area contributed by atoms with Gasteiger partial charge in [-0.2, -0.15) is 0 Å². The van der Waals surface area contributed by atoms with Crippen LogP contribution in [0.5, 0.6) is 0 Å². The number of nitrogens with zero attached hydrogens (tertiary/aromatic N) is 1. The number of piperidine rings is 1. The van der Waals surface area contributed by atoms with Gasteiger partial charge in [-0.15, -0.1) is 0 Å². The first-order valence-electron chi connectivity index (χ1n) is 6.67. The van der Waals surface area contributed by atoms with Gasteiger partial charge >= 0.3 is 0 Å². The van der Waals surface area contributed by atoms with Crippen LogP contribution in [0, 0.1) is 17.8 Å². The van der Waals surface area contributed by atoms with Gasteiger partial charge in [-0.1, -0.05) is 31.5 Å². The molecule has 0 radical (unpaired) electrons. The second-order valence-electron chi connectivity index (χ2n) is 5.50. The molecule has 0 aromatic carbocycles. The van der Waals surface area contributed by atoms with E-state index in [1.54, 1.807) is 0 Å². The van der Waals surface area contributed by atoms with Crippen LogP contribution in [-0.2, 0) is 4.79 Å². The summed E-state index contributed by atoms with van der Waals surface area (Å²) in [5, 5.41) is 0. The zero-order valence-corrected chi connectivity index (χ0v) is 11.3. The number of fused-ring (bicyclic) bond motifs is 1. The largest absolute Gasteiger partial charge is 0.393 e. The Hall–Kier alpha value is -0.640. The van der Waals surface area contributed by atoms with Crippen molar-refractivity contribution in [2.24, 2.45) is 23.5 Å². The van der Waals surface area contributed by atoms with E-state index in [9.17, 15) is 4.79 Å². The van der Waals surface area contributed by atoms with Crippen molar-refractivity contribution in [3.63, 3.8) is 0 Å².